The molecule has 2 amide bonds. The molecule has 7 nitrogen and oxygen atoms in total. The van der Waals surface area contributed by atoms with Gasteiger partial charge in [-0.25, -0.2) is 0 Å². The third kappa shape index (κ3) is 3.97. The highest BCUT2D eigenvalue weighted by atomic mass is 16.5. The summed E-state index contributed by atoms with van der Waals surface area (Å²) in [6.07, 6.45) is 2.28. The lowest BCUT2D eigenvalue weighted by atomic mass is 9.99. The lowest BCUT2D eigenvalue weighted by Crippen LogP contribution is -2.62. The second-order valence-corrected chi connectivity index (χ2v) is 8.21. The van der Waals surface area contributed by atoms with Crippen LogP contribution in [-0.4, -0.2) is 56.1 Å². The zero-order valence-corrected chi connectivity index (χ0v) is 18.3. The summed E-state index contributed by atoms with van der Waals surface area (Å²) in [6, 6.07) is 15.2. The zero-order chi connectivity index (χ0) is 22.0. The van der Waals surface area contributed by atoms with Gasteiger partial charge in [0.1, 0.15) is 11.5 Å². The van der Waals surface area contributed by atoms with Crippen molar-refractivity contribution in [1.82, 2.24) is 10.2 Å². The number of ether oxygens (including phenoxy) is 2. The molecule has 0 aliphatic carbocycles. The Kier molecular flexibility index (Phi) is 5.87. The van der Waals surface area contributed by atoms with E-state index in [1.54, 1.807) is 26.3 Å². The van der Waals surface area contributed by atoms with Crippen LogP contribution >= 0.6 is 0 Å². The van der Waals surface area contributed by atoms with Gasteiger partial charge < -0.3 is 19.7 Å². The van der Waals surface area contributed by atoms with Gasteiger partial charge in [0.15, 0.2) is 0 Å². The summed E-state index contributed by atoms with van der Waals surface area (Å²) in [7, 11) is 3.31. The van der Waals surface area contributed by atoms with Crippen molar-refractivity contribution in [3.05, 3.63) is 54.1 Å². The first kappa shape index (κ1) is 21.2. The SMILES string of the molecule is COc1ccc(C(CNC(=O)C2(C)Oc3ccccc3N(C)C2=O)N2CCCC2)cc1. The number of nitrogens with zero attached hydrogens (tertiary/aromatic N) is 2. The number of amides is 2. The summed E-state index contributed by atoms with van der Waals surface area (Å²) >= 11 is 0. The van der Waals surface area contributed by atoms with Crippen molar-refractivity contribution < 1.29 is 19.1 Å². The van der Waals surface area contributed by atoms with Gasteiger partial charge in [-0.05, 0) is 62.7 Å². The fourth-order valence-electron chi connectivity index (χ4n) is 4.35. The molecule has 2 aromatic rings. The molecule has 2 aliphatic heterocycles. The van der Waals surface area contributed by atoms with E-state index >= 15 is 0 Å². The number of likely N-dealkylation sites (tertiary alicyclic amines) is 1. The van der Waals surface area contributed by atoms with Gasteiger partial charge in [-0.3, -0.25) is 14.5 Å². The lowest BCUT2D eigenvalue weighted by molar-refractivity contribution is -0.148. The van der Waals surface area contributed by atoms with Gasteiger partial charge >= 0.3 is 0 Å². The summed E-state index contributed by atoms with van der Waals surface area (Å²) in [6.45, 7) is 3.89. The third-order valence-corrected chi connectivity index (χ3v) is 6.22. The van der Waals surface area contributed by atoms with Gasteiger partial charge in [-0.15, -0.1) is 0 Å². The monoisotopic (exact) mass is 423 g/mol. The molecule has 1 N–H and O–H groups in total. The summed E-state index contributed by atoms with van der Waals surface area (Å²) < 4.78 is 11.2. The van der Waals surface area contributed by atoms with Crippen LogP contribution in [0.3, 0.4) is 0 Å². The van der Waals surface area contributed by atoms with Crippen LogP contribution in [0, 0.1) is 0 Å². The molecule has 2 aliphatic rings. The van der Waals surface area contributed by atoms with E-state index in [0.29, 0.717) is 18.0 Å². The predicted molar refractivity (Wildman–Crippen MR) is 118 cm³/mol. The molecule has 0 spiro atoms. The summed E-state index contributed by atoms with van der Waals surface area (Å²) in [5.74, 6) is 0.499. The van der Waals surface area contributed by atoms with Crippen LogP contribution in [0.2, 0.25) is 0 Å². The van der Waals surface area contributed by atoms with Gasteiger partial charge in [-0.2, -0.15) is 0 Å². The first-order valence-electron chi connectivity index (χ1n) is 10.7. The van der Waals surface area contributed by atoms with Crippen LogP contribution in [0.1, 0.15) is 31.4 Å². The van der Waals surface area contributed by atoms with E-state index in [1.165, 1.54) is 11.8 Å². The Morgan fingerprint density at radius 2 is 1.84 bits per heavy atom. The van der Waals surface area contributed by atoms with Crippen molar-refractivity contribution in [2.24, 2.45) is 0 Å². The average molecular weight is 424 g/mol. The van der Waals surface area contributed by atoms with Crippen molar-refractivity contribution in [2.75, 3.05) is 38.7 Å². The van der Waals surface area contributed by atoms with Gasteiger partial charge in [0.25, 0.3) is 17.4 Å². The van der Waals surface area contributed by atoms with Crippen LogP contribution in [0.5, 0.6) is 11.5 Å². The second kappa shape index (κ2) is 8.59. The van der Waals surface area contributed by atoms with E-state index in [9.17, 15) is 9.59 Å². The standard InChI is InChI=1S/C24H29N3O4/c1-24(23(29)26(2)19-8-4-5-9-21(19)31-24)22(28)25-16-20(27-14-6-7-15-27)17-10-12-18(30-3)13-11-17/h4-5,8-13,20H,6-7,14-16H2,1-3H3,(H,25,28). The Balaban J connectivity index is 1.52. The fraction of sp³-hybridized carbons (Fsp3) is 0.417. The van der Waals surface area contributed by atoms with Crippen molar-refractivity contribution in [3.8, 4) is 11.5 Å². The molecule has 4 rings (SSSR count). The summed E-state index contributed by atoms with van der Waals surface area (Å²) in [5.41, 5.74) is 0.149. The highest BCUT2D eigenvalue weighted by Gasteiger charge is 2.49. The van der Waals surface area contributed by atoms with E-state index in [0.717, 1.165) is 37.2 Å². The van der Waals surface area contributed by atoms with Crippen molar-refractivity contribution in [3.63, 3.8) is 0 Å². The van der Waals surface area contributed by atoms with Gasteiger partial charge in [0.2, 0.25) is 0 Å². The quantitative estimate of drug-likeness (QED) is 0.724. The molecule has 0 saturated carbocycles. The molecule has 0 radical (unpaired) electrons. The minimum absolute atomic E-state index is 0.0182. The lowest BCUT2D eigenvalue weighted by Gasteiger charge is -2.38. The average Bonchev–Trinajstić information content (AvgIpc) is 3.32. The van der Waals surface area contributed by atoms with Crippen LogP contribution in [-0.2, 0) is 9.59 Å². The van der Waals surface area contributed by atoms with Crippen LogP contribution in [0.25, 0.3) is 0 Å². The smallest absolute Gasteiger partial charge is 0.280 e. The maximum absolute atomic E-state index is 13.2. The van der Waals surface area contributed by atoms with E-state index in [2.05, 4.69) is 10.2 Å². The van der Waals surface area contributed by atoms with E-state index in [4.69, 9.17) is 9.47 Å². The highest BCUT2D eigenvalue weighted by molar-refractivity contribution is 6.16. The van der Waals surface area contributed by atoms with E-state index in [1.807, 2.05) is 36.4 Å². The number of carbonyl (C=O) groups is 2. The number of likely N-dealkylation sites (N-methyl/N-ethyl adjacent to an activating group) is 1. The number of hydrogen-bond donors (Lipinski definition) is 1. The maximum atomic E-state index is 13.2. The number of methoxy groups -OCH3 is 1. The molecule has 1 fully saturated rings. The molecule has 31 heavy (non-hydrogen) atoms. The van der Waals surface area contributed by atoms with E-state index in [-0.39, 0.29) is 11.9 Å². The van der Waals surface area contributed by atoms with Gasteiger partial charge in [0, 0.05) is 13.6 Å². The number of benzene rings is 2. The van der Waals surface area contributed by atoms with Crippen LogP contribution < -0.4 is 19.7 Å². The Bertz CT molecular complexity index is 956. The Hall–Kier alpha value is -3.06. The molecule has 0 bridgehead atoms. The van der Waals surface area contributed by atoms with Crippen molar-refractivity contribution in [2.45, 2.75) is 31.4 Å². The topological polar surface area (TPSA) is 71.1 Å². The zero-order valence-electron chi connectivity index (χ0n) is 18.3. The molecule has 7 heteroatoms. The molecule has 2 unspecified atom stereocenters. The molecule has 2 aromatic carbocycles. The predicted octanol–water partition coefficient (Wildman–Crippen LogP) is 2.76. The number of carbonyl (C=O) groups excluding carboxylic acids is 2. The second-order valence-electron chi connectivity index (χ2n) is 8.21. The molecule has 0 aromatic heterocycles. The molecule has 164 valence electrons. The van der Waals surface area contributed by atoms with Crippen molar-refractivity contribution in [1.29, 1.82) is 0 Å². The molecular weight excluding hydrogens is 394 g/mol. The molecule has 1 saturated heterocycles. The minimum Gasteiger partial charge on any atom is -0.497 e. The largest absolute Gasteiger partial charge is 0.497 e. The van der Waals surface area contributed by atoms with Crippen LogP contribution in [0.15, 0.2) is 48.5 Å². The van der Waals surface area contributed by atoms with Crippen molar-refractivity contribution >= 4 is 17.5 Å². The highest BCUT2D eigenvalue weighted by Crippen LogP contribution is 2.37. The van der Waals surface area contributed by atoms with Crippen LogP contribution in [0.4, 0.5) is 5.69 Å². The fourth-order valence-corrected chi connectivity index (χ4v) is 4.35. The first-order chi connectivity index (χ1) is 14.9. The van der Waals surface area contributed by atoms with E-state index < -0.39 is 11.5 Å². The molecular formula is C24H29N3O4. The first-order valence-corrected chi connectivity index (χ1v) is 10.7. The number of hydrogen-bond acceptors (Lipinski definition) is 5. The maximum Gasteiger partial charge on any atom is 0.280 e. The summed E-state index contributed by atoms with van der Waals surface area (Å²) in [4.78, 5) is 30.1. The third-order valence-electron chi connectivity index (χ3n) is 6.22. The minimum atomic E-state index is -1.61. The Morgan fingerprint density at radius 1 is 1.16 bits per heavy atom. The number of fused-ring (bicyclic) bond motifs is 1. The number of rotatable bonds is 6. The Morgan fingerprint density at radius 3 is 2.52 bits per heavy atom. The normalized spacial score (nSPS) is 21.9. The number of nitrogens with one attached hydrogen (secondary N) is 1. The summed E-state index contributed by atoms with van der Waals surface area (Å²) in [5, 5.41) is 2.99. The molecule has 2 heterocycles. The Labute approximate surface area is 182 Å². The van der Waals surface area contributed by atoms with Gasteiger partial charge in [0.05, 0.1) is 18.8 Å². The van der Waals surface area contributed by atoms with Gasteiger partial charge in [-0.1, -0.05) is 24.3 Å². The number of anilines is 1. The molecule has 2 atom stereocenters. The number of para-hydroxylation sites is 2.